The SMILES string of the molecule is CC(C)(C)[C@@H](C1OC1N1C[C@H](O)C[C@H]1C(=O)N[C@@H]1C[C@@H](c2ccccc2)Oc2ccccc21)n1cc(C2CC2)nn1. The molecule has 2 N–H and O–H groups in total. The quantitative estimate of drug-likeness (QED) is 0.418. The molecule has 9 heteroatoms. The Hall–Kier alpha value is -3.27. The molecule has 3 fully saturated rings. The van der Waals surface area contributed by atoms with Gasteiger partial charge in [0.15, 0.2) is 0 Å². The number of nitrogens with one attached hydrogen (secondary N) is 1. The maximum atomic E-state index is 13.9. The number of likely N-dealkylation sites (tertiary alicyclic amines) is 1. The summed E-state index contributed by atoms with van der Waals surface area (Å²) in [5.41, 5.74) is 2.97. The molecule has 4 aliphatic rings. The number of fused-ring (bicyclic) bond motifs is 1. The van der Waals surface area contributed by atoms with E-state index in [4.69, 9.17) is 9.47 Å². The number of hydrogen-bond acceptors (Lipinski definition) is 7. The Morgan fingerprint density at radius 2 is 1.83 bits per heavy atom. The van der Waals surface area contributed by atoms with Crippen molar-refractivity contribution < 1.29 is 19.4 Å². The minimum absolute atomic E-state index is 0.0389. The number of hydrogen-bond donors (Lipinski definition) is 2. The molecule has 2 unspecified atom stereocenters. The lowest BCUT2D eigenvalue weighted by atomic mass is 9.84. The molecule has 7 atom stereocenters. The van der Waals surface area contributed by atoms with Crippen LogP contribution in [0.5, 0.6) is 5.75 Å². The van der Waals surface area contributed by atoms with Gasteiger partial charge in [-0.2, -0.15) is 0 Å². The van der Waals surface area contributed by atoms with E-state index in [1.807, 2.05) is 52.0 Å². The Bertz CT molecular complexity index is 1400. The summed E-state index contributed by atoms with van der Waals surface area (Å²) < 4.78 is 14.6. The molecule has 0 radical (unpaired) electrons. The first-order valence-corrected chi connectivity index (χ1v) is 14.9. The number of aliphatic hydroxyl groups is 1. The predicted molar refractivity (Wildman–Crippen MR) is 152 cm³/mol. The minimum atomic E-state index is -0.587. The van der Waals surface area contributed by atoms with E-state index in [0.717, 1.165) is 22.6 Å². The Balaban J connectivity index is 1.09. The minimum Gasteiger partial charge on any atom is -0.485 e. The second-order valence-electron chi connectivity index (χ2n) is 13.2. The summed E-state index contributed by atoms with van der Waals surface area (Å²) in [5.74, 6) is 1.23. The zero-order valence-electron chi connectivity index (χ0n) is 23.9. The second kappa shape index (κ2) is 10.2. The van der Waals surface area contributed by atoms with E-state index in [9.17, 15) is 9.90 Å². The summed E-state index contributed by atoms with van der Waals surface area (Å²) in [4.78, 5) is 15.9. The average molecular weight is 558 g/mol. The molecule has 41 heavy (non-hydrogen) atoms. The molecule has 7 rings (SSSR count). The van der Waals surface area contributed by atoms with Crippen LogP contribution in [0.15, 0.2) is 60.8 Å². The molecular weight excluding hydrogens is 518 g/mol. The fraction of sp³-hybridized carbons (Fsp3) is 0.531. The third kappa shape index (κ3) is 5.27. The molecule has 3 aliphatic heterocycles. The monoisotopic (exact) mass is 557 g/mol. The zero-order chi connectivity index (χ0) is 28.3. The number of carbonyl (C=O) groups excluding carboxylic acids is 1. The molecule has 1 aliphatic carbocycles. The van der Waals surface area contributed by atoms with Crippen LogP contribution in [0.3, 0.4) is 0 Å². The van der Waals surface area contributed by atoms with Gasteiger partial charge in [-0.3, -0.25) is 9.69 Å². The van der Waals surface area contributed by atoms with Crippen LogP contribution >= 0.6 is 0 Å². The third-order valence-corrected chi connectivity index (χ3v) is 8.96. The Morgan fingerprint density at radius 3 is 2.59 bits per heavy atom. The number of nitrogens with zero attached hydrogens (tertiary/aromatic N) is 4. The molecule has 2 aromatic carbocycles. The number of carbonyl (C=O) groups is 1. The van der Waals surface area contributed by atoms with E-state index in [2.05, 4.69) is 54.7 Å². The van der Waals surface area contributed by atoms with Crippen molar-refractivity contribution in [3.8, 4) is 5.75 Å². The lowest BCUT2D eigenvalue weighted by Crippen LogP contribution is -2.47. The highest BCUT2D eigenvalue weighted by atomic mass is 16.6. The predicted octanol–water partition coefficient (Wildman–Crippen LogP) is 4.28. The number of benzene rings is 2. The maximum absolute atomic E-state index is 13.9. The molecule has 1 saturated carbocycles. The molecule has 0 spiro atoms. The molecule has 9 nitrogen and oxygen atoms in total. The molecular formula is C32H39N5O4. The number of aliphatic hydroxyl groups excluding tert-OH is 1. The fourth-order valence-corrected chi connectivity index (χ4v) is 6.72. The topological polar surface area (TPSA) is 105 Å². The fourth-order valence-electron chi connectivity index (χ4n) is 6.72. The van der Waals surface area contributed by atoms with Crippen LogP contribution in [0.25, 0.3) is 0 Å². The Kier molecular flexibility index (Phi) is 6.64. The number of amides is 1. The molecule has 1 amide bonds. The van der Waals surface area contributed by atoms with Crippen LogP contribution in [0.4, 0.5) is 0 Å². The highest BCUT2D eigenvalue weighted by molar-refractivity contribution is 5.83. The summed E-state index contributed by atoms with van der Waals surface area (Å²) in [6.07, 6.45) is 4.27. The molecule has 4 heterocycles. The normalized spacial score (nSPS) is 30.3. The van der Waals surface area contributed by atoms with Gasteiger partial charge < -0.3 is 19.9 Å². The zero-order valence-corrected chi connectivity index (χ0v) is 23.9. The summed E-state index contributed by atoms with van der Waals surface area (Å²) in [6, 6.07) is 17.3. The Labute approximate surface area is 240 Å². The van der Waals surface area contributed by atoms with Crippen LogP contribution < -0.4 is 10.1 Å². The van der Waals surface area contributed by atoms with Crippen LogP contribution in [-0.2, 0) is 9.53 Å². The van der Waals surface area contributed by atoms with E-state index >= 15 is 0 Å². The van der Waals surface area contributed by atoms with Crippen LogP contribution in [0.2, 0.25) is 0 Å². The first-order chi connectivity index (χ1) is 19.8. The van der Waals surface area contributed by atoms with Gasteiger partial charge >= 0.3 is 0 Å². The van der Waals surface area contributed by atoms with Gasteiger partial charge in [-0.25, -0.2) is 4.68 Å². The number of β-amino-alcohol motifs (C(OH)–C–C–N with tert-alkyl or cyclic N) is 1. The number of aromatic nitrogens is 3. The Morgan fingerprint density at radius 1 is 1.07 bits per heavy atom. The molecule has 0 bridgehead atoms. The van der Waals surface area contributed by atoms with Gasteiger partial charge in [0.25, 0.3) is 0 Å². The van der Waals surface area contributed by atoms with Crippen molar-refractivity contribution in [1.82, 2.24) is 25.2 Å². The highest BCUT2D eigenvalue weighted by Crippen LogP contribution is 2.47. The van der Waals surface area contributed by atoms with Gasteiger partial charge in [-0.05, 0) is 36.3 Å². The van der Waals surface area contributed by atoms with E-state index in [1.165, 1.54) is 12.8 Å². The summed E-state index contributed by atoms with van der Waals surface area (Å²) >= 11 is 0. The second-order valence-corrected chi connectivity index (χ2v) is 13.2. The van der Waals surface area contributed by atoms with Crippen molar-refractivity contribution in [3.05, 3.63) is 77.6 Å². The third-order valence-electron chi connectivity index (χ3n) is 8.96. The van der Waals surface area contributed by atoms with Gasteiger partial charge in [0, 0.05) is 30.6 Å². The highest BCUT2D eigenvalue weighted by Gasteiger charge is 2.57. The van der Waals surface area contributed by atoms with Crippen LogP contribution in [-0.4, -0.2) is 61.9 Å². The van der Waals surface area contributed by atoms with Crippen LogP contribution in [0, 0.1) is 5.41 Å². The summed E-state index contributed by atoms with van der Waals surface area (Å²) in [7, 11) is 0. The van der Waals surface area contributed by atoms with Gasteiger partial charge in [0.2, 0.25) is 5.91 Å². The van der Waals surface area contributed by atoms with E-state index in [-0.39, 0.29) is 41.8 Å². The molecule has 2 saturated heterocycles. The van der Waals surface area contributed by atoms with E-state index in [0.29, 0.717) is 25.3 Å². The number of ether oxygens (including phenoxy) is 2. The standard InChI is InChI=1S/C32H39N5O4/c1-32(2,3)29(37-18-24(34-35-37)19-13-14-19)28-31(41-28)36-17-21(38)15-25(36)30(39)33-23-16-27(20-9-5-4-6-10-20)40-26-12-8-7-11-22(23)26/h4-12,18-19,21,23,25,27-29,31,38H,13-17H2,1-3H3,(H,33,39)/t21-,23-,25+,27+,28?,29-,31?/m1/s1. The van der Waals surface area contributed by atoms with E-state index < -0.39 is 12.1 Å². The van der Waals surface area contributed by atoms with E-state index in [1.54, 1.807) is 0 Å². The van der Waals surface area contributed by atoms with Crippen LogP contribution in [0.1, 0.15) is 87.4 Å². The lowest BCUT2D eigenvalue weighted by molar-refractivity contribution is -0.127. The lowest BCUT2D eigenvalue weighted by Gasteiger charge is -2.34. The van der Waals surface area contributed by atoms with Crippen molar-refractivity contribution in [2.45, 2.75) is 95.0 Å². The van der Waals surface area contributed by atoms with Gasteiger partial charge in [0.05, 0.1) is 29.9 Å². The van der Waals surface area contributed by atoms with Crippen molar-refractivity contribution in [3.63, 3.8) is 0 Å². The summed E-state index contributed by atoms with van der Waals surface area (Å²) in [5, 5.41) is 23.0. The molecule has 3 aromatic rings. The van der Waals surface area contributed by atoms with Crippen molar-refractivity contribution in [2.24, 2.45) is 5.41 Å². The number of rotatable bonds is 7. The largest absolute Gasteiger partial charge is 0.485 e. The first-order valence-electron chi connectivity index (χ1n) is 14.9. The van der Waals surface area contributed by atoms with Gasteiger partial charge in [0.1, 0.15) is 24.2 Å². The number of para-hydroxylation sites is 1. The average Bonchev–Trinajstić information content (AvgIpc) is 3.86. The summed E-state index contributed by atoms with van der Waals surface area (Å²) in [6.45, 7) is 6.95. The molecule has 216 valence electrons. The molecule has 1 aromatic heterocycles. The van der Waals surface area contributed by atoms with Crippen molar-refractivity contribution in [2.75, 3.05) is 6.54 Å². The number of epoxide rings is 1. The van der Waals surface area contributed by atoms with Crippen molar-refractivity contribution >= 4 is 5.91 Å². The van der Waals surface area contributed by atoms with Gasteiger partial charge in [-0.15, -0.1) is 5.10 Å². The smallest absolute Gasteiger partial charge is 0.238 e. The van der Waals surface area contributed by atoms with Gasteiger partial charge in [-0.1, -0.05) is 74.5 Å². The first kappa shape index (κ1) is 26.6. The van der Waals surface area contributed by atoms with Crippen molar-refractivity contribution in [1.29, 1.82) is 0 Å². The maximum Gasteiger partial charge on any atom is 0.238 e.